The minimum absolute atomic E-state index is 0.0283. The molecule has 1 heterocycles. The van der Waals surface area contributed by atoms with Crippen molar-refractivity contribution in [3.05, 3.63) is 0 Å². The summed E-state index contributed by atoms with van der Waals surface area (Å²) in [6.07, 6.45) is 14.3. The van der Waals surface area contributed by atoms with E-state index in [0.29, 0.717) is 44.5 Å². The van der Waals surface area contributed by atoms with E-state index < -0.39 is 23.2 Å². The molecule has 0 aromatic heterocycles. The Bertz CT molecular complexity index is 1120. The number of likely N-dealkylation sites (tertiary alicyclic amines) is 1. The number of nitrogens with zero attached hydrogens (tertiary/aromatic N) is 1. The Morgan fingerprint density at radius 3 is 1.94 bits per heavy atom. The molecule has 0 aromatic rings. The Balaban J connectivity index is 2.18. The van der Waals surface area contributed by atoms with Gasteiger partial charge >= 0.3 is 11.9 Å². The molecule has 0 radical (unpaired) electrons. The Morgan fingerprint density at radius 1 is 0.827 bits per heavy atom. The fourth-order valence-corrected chi connectivity index (χ4v) is 7.36. The van der Waals surface area contributed by atoms with E-state index in [2.05, 4.69) is 28.6 Å². The minimum Gasteiger partial charge on any atom is -0.481 e. The molecule has 0 spiro atoms. The number of carboxylic acid groups (broad SMARTS) is 2. The SMILES string of the molecule is CCC(=O)C(CNC(C)S)CSC1CC(=O)N(CCCCNC(=O)CCC(NC(=O)CCCCCCCCCCCCCCC(=O)O)C(=O)O)C1=O. The van der Waals surface area contributed by atoms with Crippen molar-refractivity contribution in [1.29, 1.82) is 0 Å². The molecule has 1 rings (SSSR count). The fraction of sp³-hybridized carbons (Fsp3) is 0.811. The number of ketones is 1. The number of hydrogen-bond donors (Lipinski definition) is 6. The van der Waals surface area contributed by atoms with Crippen molar-refractivity contribution in [2.75, 3.05) is 25.4 Å². The molecular formula is C37H64N4O9S2. The summed E-state index contributed by atoms with van der Waals surface area (Å²) >= 11 is 5.63. The van der Waals surface area contributed by atoms with Crippen LogP contribution in [0.15, 0.2) is 0 Å². The third kappa shape index (κ3) is 22.4. The summed E-state index contributed by atoms with van der Waals surface area (Å²) in [5, 5.41) is 26.0. The van der Waals surface area contributed by atoms with Crippen molar-refractivity contribution in [2.45, 2.75) is 159 Å². The van der Waals surface area contributed by atoms with Crippen molar-refractivity contribution in [3.8, 4) is 0 Å². The van der Waals surface area contributed by atoms with Crippen LogP contribution in [0.1, 0.15) is 142 Å². The maximum Gasteiger partial charge on any atom is 0.326 e. The van der Waals surface area contributed by atoms with E-state index >= 15 is 0 Å². The average Bonchev–Trinajstić information content (AvgIpc) is 3.36. The van der Waals surface area contributed by atoms with Gasteiger partial charge in [-0.15, -0.1) is 11.8 Å². The van der Waals surface area contributed by atoms with Crippen LogP contribution >= 0.6 is 24.4 Å². The van der Waals surface area contributed by atoms with E-state index in [0.717, 1.165) is 51.4 Å². The smallest absolute Gasteiger partial charge is 0.326 e. The van der Waals surface area contributed by atoms with Gasteiger partial charge < -0.3 is 26.2 Å². The molecule has 298 valence electrons. The fourth-order valence-electron chi connectivity index (χ4n) is 5.96. The van der Waals surface area contributed by atoms with E-state index in [4.69, 9.17) is 5.11 Å². The van der Waals surface area contributed by atoms with Crippen LogP contribution in [0, 0.1) is 5.92 Å². The predicted molar refractivity (Wildman–Crippen MR) is 206 cm³/mol. The maximum absolute atomic E-state index is 12.9. The standard InChI is InChI=1S/C37H64N4O9S2/c1-3-30(42)28(25-39-27(2)51)26-52-31-24-34(45)41(36(31)48)23-17-16-22-38-32(43)21-20-29(37(49)50)40-33(44)18-14-12-10-8-6-4-5-7-9-11-13-15-19-35(46)47/h27-29,31,39,51H,3-26H2,1-2H3,(H,38,43)(H,40,44)(H,46,47)(H,49,50). The second kappa shape index (κ2) is 28.8. The maximum atomic E-state index is 12.9. The van der Waals surface area contributed by atoms with Crippen LogP contribution in [-0.2, 0) is 33.6 Å². The van der Waals surface area contributed by atoms with E-state index in [1.54, 1.807) is 6.92 Å². The van der Waals surface area contributed by atoms with E-state index in [9.17, 15) is 38.7 Å². The zero-order chi connectivity index (χ0) is 38.7. The number of amides is 4. The number of aliphatic carboxylic acids is 2. The van der Waals surface area contributed by atoms with Gasteiger partial charge in [0.15, 0.2) is 0 Å². The zero-order valence-electron chi connectivity index (χ0n) is 31.3. The third-order valence-corrected chi connectivity index (χ3v) is 10.7. The van der Waals surface area contributed by atoms with E-state index in [1.165, 1.54) is 35.9 Å². The highest BCUT2D eigenvalue weighted by atomic mass is 32.2. The minimum atomic E-state index is -1.19. The van der Waals surface area contributed by atoms with Crippen LogP contribution in [0.25, 0.3) is 0 Å². The average molecular weight is 773 g/mol. The molecule has 0 saturated carbocycles. The van der Waals surface area contributed by atoms with Gasteiger partial charge in [-0.05, 0) is 39.0 Å². The van der Waals surface area contributed by atoms with Gasteiger partial charge in [-0.25, -0.2) is 4.79 Å². The number of carbonyl (C=O) groups is 7. The number of carboxylic acids is 2. The summed E-state index contributed by atoms with van der Waals surface area (Å²) < 4.78 is 0. The molecule has 1 fully saturated rings. The normalized spacial score (nSPS) is 16.1. The summed E-state index contributed by atoms with van der Waals surface area (Å²) in [6, 6.07) is -1.15. The van der Waals surface area contributed by atoms with Gasteiger partial charge in [0.1, 0.15) is 11.8 Å². The summed E-state index contributed by atoms with van der Waals surface area (Å²) in [5.41, 5.74) is 0. The topological polar surface area (TPSA) is 199 Å². The molecular weight excluding hydrogens is 709 g/mol. The molecule has 52 heavy (non-hydrogen) atoms. The van der Waals surface area contributed by atoms with Crippen LogP contribution in [0.3, 0.4) is 0 Å². The number of thiol groups is 1. The lowest BCUT2D eigenvalue weighted by molar-refractivity contribution is -0.142. The van der Waals surface area contributed by atoms with Crippen molar-refractivity contribution >= 4 is 65.7 Å². The second-order valence-corrected chi connectivity index (χ2v) is 15.7. The van der Waals surface area contributed by atoms with Crippen LogP contribution in [0.4, 0.5) is 0 Å². The zero-order valence-corrected chi connectivity index (χ0v) is 33.0. The molecule has 0 aliphatic carbocycles. The largest absolute Gasteiger partial charge is 0.481 e. The molecule has 13 nitrogen and oxygen atoms in total. The Labute approximate surface area is 319 Å². The van der Waals surface area contributed by atoms with Gasteiger partial charge in [0.25, 0.3) is 0 Å². The summed E-state index contributed by atoms with van der Waals surface area (Å²) in [5.74, 6) is -2.79. The molecule has 1 aliphatic rings. The van der Waals surface area contributed by atoms with E-state index in [-0.39, 0.29) is 79.4 Å². The molecule has 5 N–H and O–H groups in total. The molecule has 4 amide bonds. The van der Waals surface area contributed by atoms with Crippen molar-refractivity contribution in [2.24, 2.45) is 5.92 Å². The van der Waals surface area contributed by atoms with Crippen LogP contribution in [-0.4, -0.2) is 98.5 Å². The van der Waals surface area contributed by atoms with Crippen molar-refractivity contribution in [3.63, 3.8) is 0 Å². The van der Waals surface area contributed by atoms with Gasteiger partial charge in [0.2, 0.25) is 23.6 Å². The van der Waals surface area contributed by atoms with Gasteiger partial charge in [0.05, 0.1) is 5.25 Å². The number of imide groups is 1. The summed E-state index contributed by atoms with van der Waals surface area (Å²) in [7, 11) is 0. The number of hydrogen-bond acceptors (Lipinski definition) is 10. The molecule has 15 heteroatoms. The van der Waals surface area contributed by atoms with E-state index in [1.807, 2.05) is 6.92 Å². The van der Waals surface area contributed by atoms with Crippen molar-refractivity contribution < 1.29 is 43.8 Å². The van der Waals surface area contributed by atoms with Crippen LogP contribution in [0.5, 0.6) is 0 Å². The Hall–Kier alpha value is -2.65. The molecule has 1 saturated heterocycles. The summed E-state index contributed by atoms with van der Waals surface area (Å²) in [6.45, 7) is 4.70. The number of nitrogens with one attached hydrogen (secondary N) is 3. The highest BCUT2D eigenvalue weighted by molar-refractivity contribution is 8.00. The predicted octanol–water partition coefficient (Wildman–Crippen LogP) is 5.10. The van der Waals surface area contributed by atoms with Gasteiger partial charge in [0, 0.05) is 68.8 Å². The number of rotatable bonds is 33. The molecule has 4 atom stereocenters. The lowest BCUT2D eigenvalue weighted by Gasteiger charge is -2.19. The lowest BCUT2D eigenvalue weighted by Crippen LogP contribution is -2.41. The molecule has 1 aliphatic heterocycles. The Morgan fingerprint density at radius 2 is 1.40 bits per heavy atom. The lowest BCUT2D eigenvalue weighted by atomic mass is 10.0. The third-order valence-electron chi connectivity index (χ3n) is 9.13. The Kier molecular flexibility index (Phi) is 26.2. The number of Topliss-reactive ketones (excluding diaryl/α,β-unsaturated/α-hetero) is 1. The first-order valence-electron chi connectivity index (χ1n) is 19.3. The summed E-state index contributed by atoms with van der Waals surface area (Å²) in [4.78, 5) is 85.9. The highest BCUT2D eigenvalue weighted by Gasteiger charge is 2.39. The first kappa shape index (κ1) is 47.4. The molecule has 0 aromatic carbocycles. The molecule has 0 bridgehead atoms. The second-order valence-electron chi connectivity index (χ2n) is 13.7. The number of unbranched alkanes of at least 4 members (excludes halogenated alkanes) is 12. The first-order chi connectivity index (χ1) is 24.8. The monoisotopic (exact) mass is 772 g/mol. The van der Waals surface area contributed by atoms with Gasteiger partial charge in [-0.3, -0.25) is 33.7 Å². The van der Waals surface area contributed by atoms with Crippen LogP contribution < -0.4 is 16.0 Å². The quantitative estimate of drug-likeness (QED) is 0.0225. The van der Waals surface area contributed by atoms with Crippen LogP contribution in [0.2, 0.25) is 0 Å². The number of thioether (sulfide) groups is 1. The van der Waals surface area contributed by atoms with Gasteiger partial charge in [-0.1, -0.05) is 71.1 Å². The molecule has 4 unspecified atom stereocenters. The highest BCUT2D eigenvalue weighted by Crippen LogP contribution is 2.27. The van der Waals surface area contributed by atoms with Gasteiger partial charge in [-0.2, -0.15) is 12.6 Å². The van der Waals surface area contributed by atoms with Crippen molar-refractivity contribution in [1.82, 2.24) is 20.9 Å². The number of carbonyl (C=O) groups excluding carboxylic acids is 5. The first-order valence-corrected chi connectivity index (χ1v) is 20.8.